The first-order valence-electron chi connectivity index (χ1n) is 24.2. The van der Waals surface area contributed by atoms with Crippen LogP contribution in [0, 0.1) is 28.1 Å². The van der Waals surface area contributed by atoms with Crippen molar-refractivity contribution in [1.29, 1.82) is 5.26 Å². The molecule has 2 aliphatic carbocycles. The second-order valence-electron chi connectivity index (χ2n) is 20.7. The van der Waals surface area contributed by atoms with E-state index in [9.17, 15) is 19.6 Å². The van der Waals surface area contributed by atoms with Crippen molar-refractivity contribution in [2.24, 2.45) is 16.7 Å². The number of carbonyl (C=O) groups excluding carboxylic acids is 3. The number of anilines is 1. The Balaban J connectivity index is 0.740. The summed E-state index contributed by atoms with van der Waals surface area (Å²) < 4.78 is 14.1. The number of benzene rings is 3. The minimum atomic E-state index is -0.363. The van der Waals surface area contributed by atoms with Gasteiger partial charge in [0.15, 0.2) is 0 Å². The molecule has 3 amide bonds. The van der Waals surface area contributed by atoms with E-state index in [0.717, 1.165) is 73.1 Å². The molecule has 5 heterocycles. The number of hydrogen-bond donors (Lipinski definition) is 1. The van der Waals surface area contributed by atoms with Gasteiger partial charge in [-0.2, -0.15) is 10.4 Å². The van der Waals surface area contributed by atoms with Crippen LogP contribution in [0.2, 0.25) is 0 Å². The number of rotatable bonds is 10. The van der Waals surface area contributed by atoms with Gasteiger partial charge in [0.25, 0.3) is 5.91 Å². The third-order valence-corrected chi connectivity index (χ3v) is 15.7. The lowest BCUT2D eigenvalue weighted by Crippen LogP contribution is -2.74. The maximum Gasteiger partial charge on any atom is 0.251 e. The van der Waals surface area contributed by atoms with Crippen molar-refractivity contribution >= 4 is 34.2 Å². The molecule has 348 valence electrons. The van der Waals surface area contributed by atoms with Crippen LogP contribution >= 0.6 is 0 Å². The summed E-state index contributed by atoms with van der Waals surface area (Å²) in [6.07, 6.45) is 8.27. The van der Waals surface area contributed by atoms with Crippen LogP contribution in [-0.4, -0.2) is 94.3 Å². The van der Waals surface area contributed by atoms with Gasteiger partial charge in [0.2, 0.25) is 11.8 Å². The molecule has 2 saturated heterocycles. The second-order valence-corrected chi connectivity index (χ2v) is 20.7. The molecular formula is C54H62N8O5. The Morgan fingerprint density at radius 1 is 0.851 bits per heavy atom. The van der Waals surface area contributed by atoms with Crippen molar-refractivity contribution in [2.45, 2.75) is 110 Å². The Kier molecular flexibility index (Phi) is 11.5. The van der Waals surface area contributed by atoms with Crippen molar-refractivity contribution in [3.63, 3.8) is 0 Å². The van der Waals surface area contributed by atoms with Gasteiger partial charge >= 0.3 is 0 Å². The zero-order valence-electron chi connectivity index (χ0n) is 39.7. The Labute approximate surface area is 393 Å². The van der Waals surface area contributed by atoms with E-state index in [0.29, 0.717) is 54.7 Å². The highest BCUT2D eigenvalue weighted by Gasteiger charge is 2.64. The molecule has 67 heavy (non-hydrogen) atoms. The Bertz CT molecular complexity index is 2750. The number of methoxy groups -OCH3 is 1. The molecule has 0 spiro atoms. The van der Waals surface area contributed by atoms with Crippen LogP contribution in [0.1, 0.15) is 118 Å². The van der Waals surface area contributed by atoms with Gasteiger partial charge < -0.3 is 29.5 Å². The maximum atomic E-state index is 14.0. The van der Waals surface area contributed by atoms with Crippen molar-refractivity contribution in [3.8, 4) is 28.8 Å². The molecule has 5 aromatic rings. The SMILES string of the molecule is COc1cc(OC2C(C)(C)C(NC(=O)c3ccc(N4CCC(C(=O)N5CCC(n6nc(-c7cccc8cc(C9CC9)ncc78)c7c6CCN(C(C)=O)C7)CC5)CC4)cc3)C2(C)C)ccc1C#N. The fraction of sp³-hybridized carbons (Fsp3) is 0.481. The number of piperidine rings is 2. The highest BCUT2D eigenvalue weighted by molar-refractivity contribution is 5.97. The van der Waals surface area contributed by atoms with E-state index in [-0.39, 0.29) is 52.7 Å². The average molecular weight is 903 g/mol. The van der Waals surface area contributed by atoms with E-state index in [1.807, 2.05) is 35.4 Å². The molecule has 0 atom stereocenters. The monoisotopic (exact) mass is 902 g/mol. The quantitative estimate of drug-likeness (QED) is 0.146. The first-order valence-corrected chi connectivity index (χ1v) is 24.2. The van der Waals surface area contributed by atoms with Crippen molar-refractivity contribution < 1.29 is 23.9 Å². The highest BCUT2D eigenvalue weighted by Crippen LogP contribution is 2.56. The van der Waals surface area contributed by atoms with Gasteiger partial charge in [0.1, 0.15) is 23.7 Å². The molecule has 4 fully saturated rings. The van der Waals surface area contributed by atoms with Gasteiger partial charge in [-0.05, 0) is 86.4 Å². The number of pyridine rings is 1. The Morgan fingerprint density at radius 3 is 2.25 bits per heavy atom. The van der Waals surface area contributed by atoms with Crippen LogP contribution < -0.4 is 19.7 Å². The summed E-state index contributed by atoms with van der Waals surface area (Å²) >= 11 is 0. The third-order valence-electron chi connectivity index (χ3n) is 15.7. The molecule has 0 unspecified atom stereocenters. The molecule has 13 heteroatoms. The number of nitrogens with zero attached hydrogens (tertiary/aromatic N) is 7. The normalized spacial score (nSPS) is 21.5. The lowest BCUT2D eigenvalue weighted by molar-refractivity contribution is -0.164. The van der Waals surface area contributed by atoms with Crippen LogP contribution in [0.15, 0.2) is 72.9 Å². The zero-order valence-corrected chi connectivity index (χ0v) is 39.7. The minimum absolute atomic E-state index is 0.0131. The molecule has 0 bridgehead atoms. The topological polar surface area (TPSA) is 146 Å². The predicted molar refractivity (Wildman–Crippen MR) is 257 cm³/mol. The summed E-state index contributed by atoms with van der Waals surface area (Å²) in [5, 5.41) is 20.3. The number of nitriles is 1. The van der Waals surface area contributed by atoms with E-state index >= 15 is 0 Å². The molecule has 2 saturated carbocycles. The fourth-order valence-electron chi connectivity index (χ4n) is 12.0. The van der Waals surface area contributed by atoms with Gasteiger partial charge in [-0.3, -0.25) is 24.0 Å². The average Bonchev–Trinajstić information content (AvgIpc) is 4.14. The van der Waals surface area contributed by atoms with Crippen LogP contribution in [-0.2, 0) is 22.6 Å². The van der Waals surface area contributed by atoms with Gasteiger partial charge in [-0.1, -0.05) is 45.9 Å². The molecular weight excluding hydrogens is 841 g/mol. The lowest BCUT2D eigenvalue weighted by atomic mass is 9.49. The van der Waals surface area contributed by atoms with Gasteiger partial charge in [-0.15, -0.1) is 0 Å². The summed E-state index contributed by atoms with van der Waals surface area (Å²) in [5.74, 6) is 1.87. The summed E-state index contributed by atoms with van der Waals surface area (Å²) in [6, 6.07) is 23.9. The molecule has 13 nitrogen and oxygen atoms in total. The third kappa shape index (κ3) is 8.16. The predicted octanol–water partition coefficient (Wildman–Crippen LogP) is 8.45. The molecule has 1 N–H and O–H groups in total. The second kappa shape index (κ2) is 17.3. The van der Waals surface area contributed by atoms with E-state index < -0.39 is 0 Å². The van der Waals surface area contributed by atoms with E-state index in [4.69, 9.17) is 19.6 Å². The number of hydrogen-bond acceptors (Lipinski definition) is 9. The largest absolute Gasteiger partial charge is 0.495 e. The first kappa shape index (κ1) is 44.4. The van der Waals surface area contributed by atoms with Crippen LogP contribution in [0.5, 0.6) is 11.5 Å². The van der Waals surface area contributed by atoms with E-state index in [1.165, 1.54) is 36.7 Å². The van der Waals surface area contributed by atoms with E-state index in [1.54, 1.807) is 25.1 Å². The molecule has 3 aromatic carbocycles. The van der Waals surface area contributed by atoms with Crippen molar-refractivity contribution in [3.05, 3.63) is 101 Å². The van der Waals surface area contributed by atoms with Gasteiger partial charge in [0.05, 0.1) is 24.4 Å². The van der Waals surface area contributed by atoms with Gasteiger partial charge in [-0.25, -0.2) is 0 Å². The summed E-state index contributed by atoms with van der Waals surface area (Å²) in [5.41, 5.74) is 6.90. The van der Waals surface area contributed by atoms with E-state index in [2.05, 4.69) is 77.8 Å². The van der Waals surface area contributed by atoms with Gasteiger partial charge in [0, 0.05) is 133 Å². The summed E-state index contributed by atoms with van der Waals surface area (Å²) in [7, 11) is 1.54. The van der Waals surface area contributed by atoms with Crippen molar-refractivity contribution in [1.82, 2.24) is 29.9 Å². The maximum absolute atomic E-state index is 14.0. The highest BCUT2D eigenvalue weighted by atomic mass is 16.5. The molecule has 3 aliphatic heterocycles. The zero-order chi connectivity index (χ0) is 46.8. The number of likely N-dealkylation sites (tertiary alicyclic amines) is 1. The molecule has 10 rings (SSSR count). The summed E-state index contributed by atoms with van der Waals surface area (Å²) in [6.45, 7) is 14.3. The number of amides is 3. The minimum Gasteiger partial charge on any atom is -0.495 e. The van der Waals surface area contributed by atoms with Crippen LogP contribution in [0.25, 0.3) is 22.0 Å². The number of nitrogens with one attached hydrogen (secondary N) is 1. The smallest absolute Gasteiger partial charge is 0.251 e. The molecule has 2 aromatic heterocycles. The molecule has 5 aliphatic rings. The Morgan fingerprint density at radius 2 is 1.58 bits per heavy atom. The fourth-order valence-corrected chi connectivity index (χ4v) is 12.0. The number of carbonyl (C=O) groups is 3. The summed E-state index contributed by atoms with van der Waals surface area (Å²) in [4.78, 5) is 51.5. The standard InChI is InChI=1S/C54H62N8O5/c1-33(63)61-27-22-46-44(32-61)48(42-9-7-8-37-28-45(34-10-11-34)56-31-43(37)42)58-62(46)40-20-25-60(26-21-40)50(65)36-18-23-59(24-19-36)39-15-12-35(13-16-39)49(64)57-51-53(2,3)52(54(51,4)5)67-41-17-14-38(30-55)47(29-41)66-6/h7-9,12-17,28-29,31,34,36,40,51-52H,10-11,18-27,32H2,1-6H3,(H,57,64). The molecule has 0 radical (unpaired) electrons. The lowest BCUT2D eigenvalue weighted by Gasteiger charge is -2.63. The van der Waals surface area contributed by atoms with Crippen LogP contribution in [0.4, 0.5) is 5.69 Å². The van der Waals surface area contributed by atoms with Crippen molar-refractivity contribution in [2.75, 3.05) is 44.7 Å². The number of ether oxygens (including phenoxy) is 2. The number of aromatic nitrogens is 3. The van der Waals surface area contributed by atoms with Crippen LogP contribution in [0.3, 0.4) is 0 Å². The first-order chi connectivity index (χ1) is 32.2. The Hall–Kier alpha value is -6.42. The number of fused-ring (bicyclic) bond motifs is 2.